The fourth-order valence-electron chi connectivity index (χ4n) is 2.84. The molecule has 17 heavy (non-hydrogen) atoms. The molecule has 1 aliphatic rings. The van der Waals surface area contributed by atoms with Gasteiger partial charge >= 0.3 is 0 Å². The molecule has 0 aromatic heterocycles. The van der Waals surface area contributed by atoms with Crippen LogP contribution in [0, 0.1) is 5.92 Å². The summed E-state index contributed by atoms with van der Waals surface area (Å²) in [5, 5.41) is 0. The Balaban J connectivity index is 1.72. The molecule has 0 atom stereocenters. The fraction of sp³-hybridized carbons (Fsp3) is 0.647. The maximum Gasteiger partial charge on any atom is -0.0273 e. The summed E-state index contributed by atoms with van der Waals surface area (Å²) >= 11 is 0. The molecule has 0 bridgehead atoms. The first-order valence-corrected chi connectivity index (χ1v) is 7.36. The number of fused-ring (bicyclic) bond motifs is 1. The Morgan fingerprint density at radius 1 is 1.00 bits per heavy atom. The van der Waals surface area contributed by atoms with Crippen molar-refractivity contribution in [1.29, 1.82) is 0 Å². The van der Waals surface area contributed by atoms with Gasteiger partial charge in [-0.3, -0.25) is 0 Å². The topological polar surface area (TPSA) is 0 Å². The molecule has 0 saturated heterocycles. The van der Waals surface area contributed by atoms with Gasteiger partial charge in [0.05, 0.1) is 0 Å². The third-order valence-corrected chi connectivity index (χ3v) is 3.91. The number of rotatable bonds is 6. The van der Waals surface area contributed by atoms with Crippen molar-refractivity contribution in [1.82, 2.24) is 0 Å². The molecule has 0 fully saturated rings. The van der Waals surface area contributed by atoms with E-state index in [-0.39, 0.29) is 0 Å². The van der Waals surface area contributed by atoms with Crippen LogP contribution in [0.4, 0.5) is 0 Å². The van der Waals surface area contributed by atoms with Crippen LogP contribution in [0.5, 0.6) is 0 Å². The molecular formula is C17H26. The van der Waals surface area contributed by atoms with Crippen LogP contribution in [0.3, 0.4) is 0 Å². The average Bonchev–Trinajstić information content (AvgIpc) is 2.75. The van der Waals surface area contributed by atoms with Gasteiger partial charge in [-0.1, -0.05) is 51.3 Å². The number of unbranched alkanes of at least 4 members (excludes halogenated alkanes) is 2. The molecule has 0 unspecified atom stereocenters. The number of benzene rings is 1. The Kier molecular flexibility index (Phi) is 4.65. The van der Waals surface area contributed by atoms with Crippen molar-refractivity contribution < 1.29 is 0 Å². The summed E-state index contributed by atoms with van der Waals surface area (Å²) in [7, 11) is 0. The van der Waals surface area contributed by atoms with Crippen LogP contribution in [0.1, 0.15) is 62.6 Å². The molecule has 0 heterocycles. The summed E-state index contributed by atoms with van der Waals surface area (Å²) in [6.07, 6.45) is 10.8. The molecule has 0 amide bonds. The van der Waals surface area contributed by atoms with Crippen LogP contribution < -0.4 is 0 Å². The van der Waals surface area contributed by atoms with Crippen LogP contribution in [-0.4, -0.2) is 0 Å². The van der Waals surface area contributed by atoms with E-state index in [9.17, 15) is 0 Å². The van der Waals surface area contributed by atoms with E-state index in [4.69, 9.17) is 0 Å². The fourth-order valence-corrected chi connectivity index (χ4v) is 2.84. The van der Waals surface area contributed by atoms with Gasteiger partial charge in [0.25, 0.3) is 0 Å². The maximum absolute atomic E-state index is 2.46. The smallest absolute Gasteiger partial charge is 0.0273 e. The van der Waals surface area contributed by atoms with Gasteiger partial charge in [0.2, 0.25) is 0 Å². The summed E-state index contributed by atoms with van der Waals surface area (Å²) in [6.45, 7) is 4.64. The molecule has 94 valence electrons. The van der Waals surface area contributed by atoms with Crippen molar-refractivity contribution >= 4 is 0 Å². The van der Waals surface area contributed by atoms with E-state index in [1.165, 1.54) is 51.4 Å². The lowest BCUT2D eigenvalue weighted by atomic mass is 10.00. The molecule has 0 spiro atoms. The van der Waals surface area contributed by atoms with Crippen LogP contribution in [0.25, 0.3) is 0 Å². The molecule has 0 radical (unpaired) electrons. The van der Waals surface area contributed by atoms with E-state index >= 15 is 0 Å². The van der Waals surface area contributed by atoms with Gasteiger partial charge in [-0.05, 0) is 54.7 Å². The van der Waals surface area contributed by atoms with Crippen LogP contribution in [0.15, 0.2) is 18.2 Å². The summed E-state index contributed by atoms with van der Waals surface area (Å²) in [5.41, 5.74) is 4.80. The zero-order valence-electron chi connectivity index (χ0n) is 11.5. The summed E-state index contributed by atoms with van der Waals surface area (Å²) < 4.78 is 0. The van der Waals surface area contributed by atoms with Gasteiger partial charge in [0, 0.05) is 0 Å². The van der Waals surface area contributed by atoms with Crippen molar-refractivity contribution in [3.8, 4) is 0 Å². The summed E-state index contributed by atoms with van der Waals surface area (Å²) in [6, 6.07) is 7.18. The predicted molar refractivity (Wildman–Crippen MR) is 75.5 cm³/mol. The van der Waals surface area contributed by atoms with Crippen molar-refractivity contribution in [2.45, 2.75) is 65.2 Å². The van der Waals surface area contributed by atoms with E-state index in [2.05, 4.69) is 32.0 Å². The summed E-state index contributed by atoms with van der Waals surface area (Å²) in [5.74, 6) is 0.870. The Bertz CT molecular complexity index is 349. The first-order valence-electron chi connectivity index (χ1n) is 7.36. The van der Waals surface area contributed by atoms with Gasteiger partial charge < -0.3 is 0 Å². The number of aryl methyl sites for hydroxylation is 3. The van der Waals surface area contributed by atoms with E-state index in [1.54, 1.807) is 16.7 Å². The molecule has 1 aromatic rings. The summed E-state index contributed by atoms with van der Waals surface area (Å²) in [4.78, 5) is 0. The molecule has 0 aliphatic heterocycles. The minimum absolute atomic E-state index is 0.870. The Labute approximate surface area is 106 Å². The second kappa shape index (κ2) is 6.23. The van der Waals surface area contributed by atoms with Crippen molar-refractivity contribution in [2.75, 3.05) is 0 Å². The minimum atomic E-state index is 0.870. The molecular weight excluding hydrogens is 204 g/mol. The lowest BCUT2D eigenvalue weighted by molar-refractivity contribution is 0.527. The van der Waals surface area contributed by atoms with Crippen molar-refractivity contribution in [3.63, 3.8) is 0 Å². The van der Waals surface area contributed by atoms with E-state index in [0.29, 0.717) is 0 Å². The van der Waals surface area contributed by atoms with Crippen molar-refractivity contribution in [2.24, 2.45) is 5.92 Å². The minimum Gasteiger partial charge on any atom is -0.0628 e. The third-order valence-electron chi connectivity index (χ3n) is 3.91. The second-order valence-corrected chi connectivity index (χ2v) is 5.95. The molecule has 0 saturated carbocycles. The monoisotopic (exact) mass is 230 g/mol. The molecule has 1 aromatic carbocycles. The molecule has 1 aliphatic carbocycles. The average molecular weight is 230 g/mol. The van der Waals surface area contributed by atoms with Crippen LogP contribution in [-0.2, 0) is 19.3 Å². The first kappa shape index (κ1) is 12.7. The SMILES string of the molecule is CC(C)CCCCCc1ccc2c(c1)CCC2. The molecule has 0 N–H and O–H groups in total. The predicted octanol–water partition coefficient (Wildman–Crippen LogP) is 4.93. The zero-order chi connectivity index (χ0) is 12.1. The highest BCUT2D eigenvalue weighted by molar-refractivity contribution is 5.35. The van der Waals surface area contributed by atoms with Gasteiger partial charge in [-0.15, -0.1) is 0 Å². The maximum atomic E-state index is 2.46. The molecule has 2 rings (SSSR count). The van der Waals surface area contributed by atoms with Crippen LogP contribution in [0.2, 0.25) is 0 Å². The Morgan fingerprint density at radius 3 is 2.65 bits per heavy atom. The van der Waals surface area contributed by atoms with Gasteiger partial charge in [0.1, 0.15) is 0 Å². The van der Waals surface area contributed by atoms with Gasteiger partial charge in [-0.2, -0.15) is 0 Å². The van der Waals surface area contributed by atoms with Crippen LogP contribution >= 0.6 is 0 Å². The Hall–Kier alpha value is -0.780. The van der Waals surface area contributed by atoms with Crippen molar-refractivity contribution in [3.05, 3.63) is 34.9 Å². The lowest BCUT2D eigenvalue weighted by Crippen LogP contribution is -1.91. The quantitative estimate of drug-likeness (QED) is 0.608. The lowest BCUT2D eigenvalue weighted by Gasteiger charge is -2.06. The Morgan fingerprint density at radius 2 is 1.82 bits per heavy atom. The molecule has 0 nitrogen and oxygen atoms in total. The van der Waals surface area contributed by atoms with Gasteiger partial charge in [0.15, 0.2) is 0 Å². The normalized spacial score (nSPS) is 14.3. The van der Waals surface area contributed by atoms with E-state index in [1.807, 2.05) is 0 Å². The van der Waals surface area contributed by atoms with E-state index < -0.39 is 0 Å². The highest BCUT2D eigenvalue weighted by Gasteiger charge is 2.10. The van der Waals surface area contributed by atoms with Gasteiger partial charge in [-0.25, -0.2) is 0 Å². The number of hydrogen-bond donors (Lipinski definition) is 0. The largest absolute Gasteiger partial charge is 0.0628 e. The molecule has 0 heteroatoms. The van der Waals surface area contributed by atoms with E-state index in [0.717, 1.165) is 5.92 Å². The highest BCUT2D eigenvalue weighted by Crippen LogP contribution is 2.23. The first-order chi connectivity index (χ1) is 8.25. The highest BCUT2D eigenvalue weighted by atomic mass is 14.2. The second-order valence-electron chi connectivity index (χ2n) is 5.95. The number of hydrogen-bond acceptors (Lipinski definition) is 0. The third kappa shape index (κ3) is 3.87. The zero-order valence-corrected chi connectivity index (χ0v) is 11.5. The standard InChI is InChI=1S/C17H26/c1-14(2)7-4-3-5-8-15-11-12-16-9-6-10-17(16)13-15/h11-14H,3-10H2,1-2H3.